The van der Waals surface area contributed by atoms with E-state index in [1.807, 2.05) is 0 Å². The van der Waals surface area contributed by atoms with E-state index in [9.17, 15) is 0 Å². The Balaban J connectivity index is 5.04. The van der Waals surface area contributed by atoms with E-state index in [1.54, 1.807) is 0 Å². The molecule has 0 rings (SSSR count). The van der Waals surface area contributed by atoms with Gasteiger partial charge in [0.25, 0.3) is 0 Å². The second kappa shape index (κ2) is 2.66. The van der Waals surface area contributed by atoms with E-state index in [4.69, 9.17) is 3.72 Å². The van der Waals surface area contributed by atoms with Gasteiger partial charge < -0.3 is 0 Å². The molecule has 0 radical (unpaired) electrons. The Morgan fingerprint density at radius 2 is 1.00 bits per heavy atom. The fourth-order valence-corrected chi connectivity index (χ4v) is 12.3. The second-order valence-electron chi connectivity index (χ2n) is 5.43. The summed E-state index contributed by atoms with van der Waals surface area (Å²) in [6.07, 6.45) is 0. The summed E-state index contributed by atoms with van der Waals surface area (Å²) in [6.45, 7) is 9.16. The van der Waals surface area contributed by atoms with E-state index < -0.39 is 17.3 Å². The van der Waals surface area contributed by atoms with Crippen LogP contribution in [0.1, 0.15) is 27.7 Å². The zero-order valence-corrected chi connectivity index (χ0v) is 12.5. The Morgan fingerprint density at radius 3 is 1.00 bits per heavy atom. The molecule has 0 aliphatic heterocycles. The molecular formula is C9H25HfN. The first-order valence-corrected chi connectivity index (χ1v) is 20.9. The van der Waals surface area contributed by atoms with Gasteiger partial charge in [0, 0.05) is 0 Å². The van der Waals surface area contributed by atoms with Crippen molar-refractivity contribution >= 4 is 0 Å². The van der Waals surface area contributed by atoms with E-state index in [0.717, 1.165) is 0 Å². The van der Waals surface area contributed by atoms with Gasteiger partial charge in [0.2, 0.25) is 0 Å². The minimum absolute atomic E-state index is 1.26. The van der Waals surface area contributed by atoms with Gasteiger partial charge >= 0.3 is 70.1 Å². The Labute approximate surface area is 70.0 Å². The van der Waals surface area contributed by atoms with E-state index in [0.29, 0.717) is 0 Å². The summed E-state index contributed by atoms with van der Waals surface area (Å²) in [6, 6.07) is 0. The SMILES string of the molecule is C[CH2][Hf]([CH3])([NH2])([CH2]C)([CH2]C)[CH2]C. The van der Waals surface area contributed by atoms with Crippen LogP contribution in [-0.2, 0) is 17.3 Å². The summed E-state index contributed by atoms with van der Waals surface area (Å²) in [5, 5.41) is 0. The topological polar surface area (TPSA) is 26.0 Å². The predicted molar refractivity (Wildman–Crippen MR) is 52.0 cm³/mol. The Kier molecular flexibility index (Phi) is 2.86. The molecule has 0 saturated heterocycles. The Morgan fingerprint density at radius 1 is 0.818 bits per heavy atom. The molecule has 0 atom stereocenters. The zero-order chi connectivity index (χ0) is 9.24. The molecule has 0 bridgehead atoms. The zero-order valence-electron chi connectivity index (χ0n) is 8.91. The molecule has 0 unspecified atom stereocenters. The van der Waals surface area contributed by atoms with Crippen LogP contribution in [0.2, 0.25) is 21.4 Å². The standard InChI is InChI=1S/4C2H5.CH3.Hf.H2N/c4*1-2;;;/h4*1H2,2H3;1H3;;1H2/q;;;;;+1;-1. The van der Waals surface area contributed by atoms with Crippen LogP contribution in [0.25, 0.3) is 0 Å². The second-order valence-corrected chi connectivity index (χ2v) is 44.5. The monoisotopic (exact) mass is 327 g/mol. The molecule has 0 saturated carbocycles. The molecule has 11 heavy (non-hydrogen) atoms. The minimum atomic E-state index is -3.18. The first-order valence-electron chi connectivity index (χ1n) is 5.03. The molecule has 0 amide bonds. The summed E-state index contributed by atoms with van der Waals surface area (Å²) in [4.78, 5) is 0. The maximum absolute atomic E-state index is 6.77. The van der Waals surface area contributed by atoms with Gasteiger partial charge in [0.05, 0.1) is 0 Å². The Hall–Kier alpha value is 0.830. The number of hydrogen-bond acceptors (Lipinski definition) is 1. The summed E-state index contributed by atoms with van der Waals surface area (Å²) in [7, 11) is 0. The van der Waals surface area contributed by atoms with Gasteiger partial charge in [-0.3, -0.25) is 0 Å². The number of hydrogen-bond donors (Lipinski definition) is 1. The van der Waals surface area contributed by atoms with E-state index >= 15 is 0 Å². The first-order chi connectivity index (χ1) is 4.80. The molecule has 0 aromatic heterocycles. The van der Waals surface area contributed by atoms with Crippen molar-refractivity contribution in [1.82, 2.24) is 0 Å². The quantitative estimate of drug-likeness (QED) is 0.780. The molecule has 0 aromatic rings. The summed E-state index contributed by atoms with van der Waals surface area (Å²) in [5.41, 5.74) is 0. The molecular weight excluding hydrogens is 301 g/mol. The predicted octanol–water partition coefficient (Wildman–Crippen LogP) is 3.89. The van der Waals surface area contributed by atoms with Crippen LogP contribution in [0.15, 0.2) is 0 Å². The van der Waals surface area contributed by atoms with Gasteiger partial charge in [-0.1, -0.05) is 0 Å². The van der Waals surface area contributed by atoms with Crippen molar-refractivity contribution in [1.29, 1.82) is 0 Å². The van der Waals surface area contributed by atoms with Crippen LogP contribution in [0.5, 0.6) is 0 Å². The average molecular weight is 326 g/mol. The van der Waals surface area contributed by atoms with Crippen molar-refractivity contribution in [3.8, 4) is 0 Å². The molecule has 2 heteroatoms. The van der Waals surface area contributed by atoms with Crippen LogP contribution >= 0.6 is 0 Å². The summed E-state index contributed by atoms with van der Waals surface area (Å²) in [5.74, 6) is 0. The molecule has 0 fully saturated rings. The van der Waals surface area contributed by atoms with Crippen LogP contribution < -0.4 is 3.72 Å². The van der Waals surface area contributed by atoms with E-state index in [1.165, 1.54) is 16.7 Å². The normalized spacial score (nSPS) is 19.1. The number of rotatable bonds is 4. The van der Waals surface area contributed by atoms with Gasteiger partial charge in [0.1, 0.15) is 0 Å². The van der Waals surface area contributed by atoms with Gasteiger partial charge in [-0.25, -0.2) is 0 Å². The van der Waals surface area contributed by atoms with E-state index in [2.05, 4.69) is 32.4 Å². The van der Waals surface area contributed by atoms with E-state index in [-0.39, 0.29) is 0 Å². The molecule has 0 aromatic carbocycles. The molecule has 0 aliphatic rings. The molecule has 0 aliphatic carbocycles. The van der Waals surface area contributed by atoms with Crippen molar-refractivity contribution in [2.75, 3.05) is 0 Å². The van der Waals surface area contributed by atoms with Crippen molar-refractivity contribution in [2.24, 2.45) is 3.72 Å². The fourth-order valence-electron chi connectivity index (χ4n) is 1.50. The van der Waals surface area contributed by atoms with Gasteiger partial charge in [-0.05, 0) is 0 Å². The average Bonchev–Trinajstić information content (AvgIpc) is 2.07. The fraction of sp³-hybridized carbons (Fsp3) is 1.00. The summed E-state index contributed by atoms with van der Waals surface area (Å²) < 4.78 is 14.3. The van der Waals surface area contributed by atoms with Crippen LogP contribution in [0.4, 0.5) is 0 Å². The Bertz CT molecular complexity index is 123. The first kappa shape index (κ1) is 11.8. The van der Waals surface area contributed by atoms with Crippen LogP contribution in [-0.4, -0.2) is 0 Å². The van der Waals surface area contributed by atoms with Gasteiger partial charge in [-0.15, -0.1) is 0 Å². The van der Waals surface area contributed by atoms with Gasteiger partial charge in [0.15, 0.2) is 0 Å². The molecule has 70 valence electrons. The third-order valence-electron chi connectivity index (χ3n) is 5.23. The van der Waals surface area contributed by atoms with Crippen molar-refractivity contribution in [3.63, 3.8) is 0 Å². The number of nitrogens with two attached hydrogens (primary N) is 1. The van der Waals surface area contributed by atoms with Crippen LogP contribution in [0.3, 0.4) is 0 Å². The van der Waals surface area contributed by atoms with Crippen molar-refractivity contribution in [3.05, 3.63) is 0 Å². The molecule has 0 spiro atoms. The third-order valence-corrected chi connectivity index (χ3v) is 42.8. The molecule has 2 N–H and O–H groups in total. The molecule has 1 nitrogen and oxygen atoms in total. The maximum atomic E-state index is 6.77. The summed E-state index contributed by atoms with van der Waals surface area (Å²) >= 11 is -3.18. The van der Waals surface area contributed by atoms with Gasteiger partial charge in [-0.2, -0.15) is 0 Å². The third kappa shape index (κ3) is 1.95. The van der Waals surface area contributed by atoms with Crippen LogP contribution in [0, 0.1) is 0 Å². The van der Waals surface area contributed by atoms with Crippen molar-refractivity contribution < 1.29 is 17.3 Å². The molecule has 0 heterocycles. The van der Waals surface area contributed by atoms with Crippen molar-refractivity contribution in [2.45, 2.75) is 49.1 Å².